The second-order valence-corrected chi connectivity index (χ2v) is 30.6. The molecule has 0 bridgehead atoms. The van der Waals surface area contributed by atoms with Crippen molar-refractivity contribution in [2.24, 2.45) is 0 Å². The molecule has 7 aliphatic heterocycles. The number of hydrogen-bond acceptors (Lipinski definition) is 25. The van der Waals surface area contributed by atoms with Crippen molar-refractivity contribution in [2.45, 2.75) is 79.6 Å². The number of thiol groups is 1. The van der Waals surface area contributed by atoms with Crippen LogP contribution in [-0.2, 0) is 49.8 Å². The number of nitrogens with zero attached hydrogens (tertiary/aromatic N) is 20. The predicted octanol–water partition coefficient (Wildman–Crippen LogP) is 12.6. The molecule has 19 rings (SSSR count). The molecule has 7 aliphatic rings. The maximum absolute atomic E-state index is 5.93. The van der Waals surface area contributed by atoms with Crippen LogP contribution in [0.15, 0.2) is 188 Å². The summed E-state index contributed by atoms with van der Waals surface area (Å²) in [6, 6.07) is 64.5. The number of likely N-dealkylation sites (N-methyl/N-ethyl adjacent to an activating group) is 3. The molecule has 0 amide bonds. The van der Waals surface area contributed by atoms with E-state index >= 15 is 0 Å². The van der Waals surface area contributed by atoms with E-state index in [0.29, 0.717) is 63.0 Å². The van der Waals surface area contributed by atoms with Crippen LogP contribution < -0.4 is 52.9 Å². The van der Waals surface area contributed by atoms with Crippen LogP contribution in [0.2, 0.25) is 0 Å². The molecule has 27 nitrogen and oxygen atoms in total. The van der Waals surface area contributed by atoms with Gasteiger partial charge in [0, 0.05) is 106 Å². The number of para-hydroxylation sites is 4. The van der Waals surface area contributed by atoms with Crippen molar-refractivity contribution < 1.29 is 33.2 Å². The normalized spacial score (nSPS) is 15.8. The number of aromatic nitrogens is 12. The number of rotatable bonds is 9. The summed E-state index contributed by atoms with van der Waals surface area (Å²) in [5.41, 5.74) is 20.5. The van der Waals surface area contributed by atoms with Gasteiger partial charge in [-0.25, -0.2) is 14.0 Å². The van der Waals surface area contributed by atoms with Gasteiger partial charge < -0.3 is 57.7 Å². The van der Waals surface area contributed by atoms with Gasteiger partial charge in [0.05, 0.1) is 109 Å². The zero-order valence-corrected chi connectivity index (χ0v) is 70.3. The number of morpholine rings is 1. The second-order valence-electron chi connectivity index (χ2n) is 30.3. The predicted molar refractivity (Wildman–Crippen MR) is 465 cm³/mol. The molecule has 0 saturated carbocycles. The quantitative estimate of drug-likeness (QED) is 0.133. The molecule has 616 valence electrons. The van der Waals surface area contributed by atoms with E-state index in [1.807, 2.05) is 106 Å². The van der Waals surface area contributed by atoms with Gasteiger partial charge in [0.1, 0.15) is 39.6 Å². The monoisotopic (exact) mass is 1610 g/mol. The zero-order valence-electron chi connectivity index (χ0n) is 69.4. The van der Waals surface area contributed by atoms with Crippen LogP contribution >= 0.6 is 12.6 Å². The van der Waals surface area contributed by atoms with Crippen molar-refractivity contribution in [2.75, 3.05) is 165 Å². The van der Waals surface area contributed by atoms with Gasteiger partial charge in [0.15, 0.2) is 11.6 Å². The molecule has 13 heterocycles. The lowest BCUT2D eigenvalue weighted by atomic mass is 10.2. The molecule has 0 spiro atoms. The Morgan fingerprint density at radius 2 is 0.644 bits per heavy atom. The van der Waals surface area contributed by atoms with Crippen LogP contribution in [0.25, 0.3) is 17.1 Å². The Kier molecular flexibility index (Phi) is 28.0. The van der Waals surface area contributed by atoms with E-state index in [9.17, 15) is 0 Å². The van der Waals surface area contributed by atoms with Crippen molar-refractivity contribution in [1.29, 1.82) is 0 Å². The number of anilines is 5. The van der Waals surface area contributed by atoms with E-state index in [1.165, 1.54) is 28.2 Å². The van der Waals surface area contributed by atoms with Gasteiger partial charge in [-0.2, -0.15) is 17.7 Å². The molecule has 1 saturated heterocycles. The molecular formula is C90H108N20O7S. The number of aryl methyl sites for hydroxylation is 2. The highest BCUT2D eigenvalue weighted by atomic mass is 32.1. The Balaban J connectivity index is 0.000000118. The molecule has 12 aromatic rings. The third-order valence-electron chi connectivity index (χ3n) is 21.3. The first-order valence-electron chi connectivity index (χ1n) is 40.4. The van der Waals surface area contributed by atoms with Gasteiger partial charge in [-0.3, -0.25) is 14.7 Å². The SMILES string of the molecule is CN1CCOc2nnc(CS)cc2C1.CN1CCOc2nnc(N(C)C)cc2C1.CN1CCOc2nnc(N3CCOCC3)cc2C1.Cc1c2c(nn1-c1ccccc1)OCCN(c1ccccc1)C2.Cc1ccc(N2CCOc3nn(-c4ccccc4)c(C)c3C2)cc1.Cc1ccc(N2CCOc3nn(-c4ccccc4)c(C)c3C2)cc1. The van der Waals surface area contributed by atoms with Crippen LogP contribution in [0.3, 0.4) is 0 Å². The van der Waals surface area contributed by atoms with E-state index in [-0.39, 0.29) is 0 Å². The van der Waals surface area contributed by atoms with Crippen LogP contribution in [0.4, 0.5) is 28.7 Å². The van der Waals surface area contributed by atoms with Crippen LogP contribution in [0, 0.1) is 34.6 Å². The summed E-state index contributed by atoms with van der Waals surface area (Å²) in [5.74, 6) is 6.69. The van der Waals surface area contributed by atoms with Crippen molar-refractivity contribution in [1.82, 2.24) is 74.6 Å². The highest BCUT2D eigenvalue weighted by Gasteiger charge is 2.28. The Morgan fingerprint density at radius 1 is 0.322 bits per heavy atom. The number of ether oxygens (including phenoxy) is 7. The lowest BCUT2D eigenvalue weighted by Crippen LogP contribution is -2.37. The Morgan fingerprint density at radius 3 is 1.03 bits per heavy atom. The van der Waals surface area contributed by atoms with Crippen molar-refractivity contribution in [3.05, 3.63) is 255 Å². The first-order chi connectivity index (χ1) is 57.6. The molecule has 0 radical (unpaired) electrons. The third-order valence-corrected chi connectivity index (χ3v) is 21.6. The standard InChI is InChI=1S/2C20H21N3O.C19H19N3O.C12H18N4O2.C10H16N4O.C9H13N3OS/c2*1-15-8-10-17(11-9-15)22-12-13-24-20-19(14-22)16(2)23(21-20)18-6-4-3-5-7-18;1-15-18-14-21(16-8-4-2-5-9-16)12-13-23-19(18)20-22(15)17-10-6-3-7-11-17;1-15-2-7-18-12-10(9-15)8-11(13-14-12)16-3-5-17-6-4-16;1-13(2)9-6-8-7-14(3)4-5-15-10(8)12-11-9;1-12-2-3-13-9-7(5-12)4-8(6-14)10-11-9/h2*3-11H,12-14H2,1-2H3;2-11H,12-14H2,1H3;8H,2-7,9H2,1H3;6H,4-5,7H2,1-3H3;4,14H,2-3,5-6H2,1H3. The third kappa shape index (κ3) is 21.1. The summed E-state index contributed by atoms with van der Waals surface area (Å²) >= 11 is 4.17. The van der Waals surface area contributed by atoms with E-state index in [4.69, 9.17) is 43.4 Å². The maximum Gasteiger partial charge on any atom is 0.238 e. The highest BCUT2D eigenvalue weighted by Crippen LogP contribution is 2.35. The largest absolute Gasteiger partial charge is 0.475 e. The van der Waals surface area contributed by atoms with Crippen molar-refractivity contribution in [3.8, 4) is 52.3 Å². The van der Waals surface area contributed by atoms with Gasteiger partial charge >= 0.3 is 0 Å². The smallest absolute Gasteiger partial charge is 0.238 e. The molecule has 0 N–H and O–H groups in total. The molecule has 0 aliphatic carbocycles. The summed E-state index contributed by atoms with van der Waals surface area (Å²) in [7, 11) is 10.1. The minimum Gasteiger partial charge on any atom is -0.475 e. The Hall–Kier alpha value is -11.8. The van der Waals surface area contributed by atoms with E-state index in [1.54, 1.807) is 0 Å². The zero-order chi connectivity index (χ0) is 81.9. The fraction of sp³-hybridized carbons (Fsp3) is 0.367. The maximum atomic E-state index is 5.93. The van der Waals surface area contributed by atoms with E-state index < -0.39 is 0 Å². The first-order valence-corrected chi connectivity index (χ1v) is 41.1. The topological polar surface area (TPSA) is 221 Å². The van der Waals surface area contributed by atoms with Gasteiger partial charge in [-0.05, 0) is 147 Å². The fourth-order valence-corrected chi connectivity index (χ4v) is 14.6. The van der Waals surface area contributed by atoms with Gasteiger partial charge in [-0.1, -0.05) is 108 Å². The lowest BCUT2D eigenvalue weighted by molar-refractivity contribution is 0.122. The lowest BCUT2D eigenvalue weighted by Gasteiger charge is -2.27. The summed E-state index contributed by atoms with van der Waals surface area (Å²) < 4.78 is 45.6. The van der Waals surface area contributed by atoms with Crippen LogP contribution in [-0.4, -0.2) is 215 Å². The van der Waals surface area contributed by atoms with Gasteiger partial charge in [-0.15, -0.1) is 40.8 Å². The van der Waals surface area contributed by atoms with Crippen LogP contribution in [0.1, 0.15) is 67.3 Å². The number of fused-ring (bicyclic) bond motifs is 6. The average molecular weight is 1610 g/mol. The second kappa shape index (κ2) is 39.9. The van der Waals surface area contributed by atoms with Gasteiger partial charge in [0.2, 0.25) is 35.3 Å². The van der Waals surface area contributed by atoms with Crippen LogP contribution in [0.5, 0.6) is 35.3 Å². The summed E-state index contributed by atoms with van der Waals surface area (Å²) in [6.07, 6.45) is 0. The molecule has 0 unspecified atom stereocenters. The molecule has 6 aromatic carbocycles. The molecule has 0 atom stereocenters. The molecule has 118 heavy (non-hydrogen) atoms. The number of benzene rings is 6. The fourth-order valence-electron chi connectivity index (χ4n) is 14.5. The summed E-state index contributed by atoms with van der Waals surface area (Å²) in [4.78, 5) is 17.9. The first kappa shape index (κ1) is 82.7. The summed E-state index contributed by atoms with van der Waals surface area (Å²) in [5, 5.41) is 38.8. The molecule has 6 aromatic heterocycles. The van der Waals surface area contributed by atoms with E-state index in [0.717, 1.165) is 207 Å². The molecule has 1 fully saturated rings. The van der Waals surface area contributed by atoms with Gasteiger partial charge in [0.25, 0.3) is 0 Å². The van der Waals surface area contributed by atoms with Crippen molar-refractivity contribution in [3.63, 3.8) is 0 Å². The van der Waals surface area contributed by atoms with E-state index in [2.05, 4.69) is 254 Å². The van der Waals surface area contributed by atoms with Crippen molar-refractivity contribution >= 4 is 41.3 Å². The molecule has 28 heteroatoms. The number of hydrogen-bond donors (Lipinski definition) is 1. The summed E-state index contributed by atoms with van der Waals surface area (Å²) in [6.45, 7) is 28.2. The average Bonchev–Trinajstić information content (AvgIpc) is 1.65. The highest BCUT2D eigenvalue weighted by molar-refractivity contribution is 7.79. The minimum absolute atomic E-state index is 0.615. The minimum atomic E-state index is 0.615. The Bertz CT molecular complexity index is 5050. The Labute approximate surface area is 697 Å². The molecular weight excluding hydrogens is 1510 g/mol.